The molecular formula is C21H27N3O3. The predicted molar refractivity (Wildman–Crippen MR) is 108 cm³/mol. The number of rotatable bonds is 7. The van der Waals surface area contributed by atoms with E-state index >= 15 is 0 Å². The zero-order valence-corrected chi connectivity index (χ0v) is 15.9. The van der Waals surface area contributed by atoms with E-state index in [9.17, 15) is 4.79 Å². The molecule has 0 radical (unpaired) electrons. The lowest BCUT2D eigenvalue weighted by molar-refractivity contribution is -0.126. The zero-order chi connectivity index (χ0) is 19.1. The molecule has 1 N–H and O–H groups in total. The van der Waals surface area contributed by atoms with E-state index in [2.05, 4.69) is 21.2 Å². The number of carbonyl (C=O) groups excluding carboxylic acids is 1. The van der Waals surface area contributed by atoms with E-state index in [1.807, 2.05) is 48.5 Å². The predicted octanol–water partition coefficient (Wildman–Crippen LogP) is 2.47. The number of ether oxygens (including phenoxy) is 2. The van der Waals surface area contributed by atoms with Crippen LogP contribution in [0.2, 0.25) is 0 Å². The van der Waals surface area contributed by atoms with Gasteiger partial charge in [0, 0.05) is 45.5 Å². The number of nitrogens with one attached hydrogen (secondary N) is 1. The van der Waals surface area contributed by atoms with Crippen molar-refractivity contribution in [1.29, 1.82) is 0 Å². The van der Waals surface area contributed by atoms with Crippen LogP contribution in [0.1, 0.15) is 0 Å². The smallest absolute Gasteiger partial charge is 0.254 e. The molecule has 1 heterocycles. The molecular weight excluding hydrogens is 342 g/mol. The van der Waals surface area contributed by atoms with E-state index < -0.39 is 6.10 Å². The second-order valence-electron chi connectivity index (χ2n) is 6.54. The van der Waals surface area contributed by atoms with Gasteiger partial charge in [0.2, 0.25) is 0 Å². The maximum atomic E-state index is 12.5. The highest BCUT2D eigenvalue weighted by molar-refractivity contribution is 5.94. The summed E-state index contributed by atoms with van der Waals surface area (Å²) in [6, 6.07) is 17.5. The lowest BCUT2D eigenvalue weighted by Crippen LogP contribution is -2.50. The van der Waals surface area contributed by atoms with E-state index in [1.54, 1.807) is 14.2 Å². The van der Waals surface area contributed by atoms with Crippen molar-refractivity contribution in [2.45, 2.75) is 6.10 Å². The summed E-state index contributed by atoms with van der Waals surface area (Å²) >= 11 is 0. The van der Waals surface area contributed by atoms with Crippen molar-refractivity contribution in [3.8, 4) is 5.75 Å². The highest BCUT2D eigenvalue weighted by Crippen LogP contribution is 2.28. The lowest BCUT2D eigenvalue weighted by Gasteiger charge is -2.37. The number of piperazine rings is 1. The highest BCUT2D eigenvalue weighted by atomic mass is 16.5. The van der Waals surface area contributed by atoms with Crippen LogP contribution in [0.3, 0.4) is 0 Å². The van der Waals surface area contributed by atoms with Gasteiger partial charge in [0.1, 0.15) is 11.9 Å². The van der Waals surface area contributed by atoms with Gasteiger partial charge in [-0.1, -0.05) is 30.3 Å². The molecule has 6 nitrogen and oxygen atoms in total. The van der Waals surface area contributed by atoms with Gasteiger partial charge in [0.25, 0.3) is 5.91 Å². The molecule has 0 saturated carbocycles. The van der Waals surface area contributed by atoms with Gasteiger partial charge >= 0.3 is 0 Å². The molecule has 2 aromatic rings. The van der Waals surface area contributed by atoms with Crippen LogP contribution in [0, 0.1) is 0 Å². The fourth-order valence-corrected chi connectivity index (χ4v) is 3.31. The monoisotopic (exact) mass is 369 g/mol. The largest absolute Gasteiger partial charge is 0.495 e. The van der Waals surface area contributed by atoms with Gasteiger partial charge < -0.3 is 19.7 Å². The number of carbonyl (C=O) groups is 1. The van der Waals surface area contributed by atoms with Crippen molar-refractivity contribution in [2.75, 3.05) is 57.2 Å². The van der Waals surface area contributed by atoms with Gasteiger partial charge in [-0.3, -0.25) is 9.69 Å². The standard InChI is InChI=1S/C21H27N3O3/c1-26-19-11-7-6-10-18(19)24-14-12-23(13-15-24)16-20(27-2)21(25)22-17-8-4-3-5-9-17/h3-11,20H,12-16H2,1-2H3,(H,22,25). The van der Waals surface area contributed by atoms with Crippen LogP contribution in [0.25, 0.3) is 0 Å². The minimum atomic E-state index is -0.497. The summed E-state index contributed by atoms with van der Waals surface area (Å²) in [5.41, 5.74) is 1.90. The van der Waals surface area contributed by atoms with Gasteiger partial charge in [0.15, 0.2) is 0 Å². The molecule has 27 heavy (non-hydrogen) atoms. The minimum absolute atomic E-state index is 0.115. The summed E-state index contributed by atoms with van der Waals surface area (Å²) in [7, 11) is 3.28. The van der Waals surface area contributed by atoms with Crippen LogP contribution in [0.5, 0.6) is 5.75 Å². The first-order valence-corrected chi connectivity index (χ1v) is 9.20. The van der Waals surface area contributed by atoms with E-state index in [0.29, 0.717) is 6.54 Å². The molecule has 3 rings (SSSR count). The average molecular weight is 369 g/mol. The van der Waals surface area contributed by atoms with Crippen molar-refractivity contribution in [2.24, 2.45) is 0 Å². The Labute approximate surface area is 160 Å². The van der Waals surface area contributed by atoms with E-state index in [4.69, 9.17) is 9.47 Å². The summed E-state index contributed by atoms with van der Waals surface area (Å²) in [4.78, 5) is 17.1. The molecule has 1 fully saturated rings. The Kier molecular flexibility index (Phi) is 6.68. The molecule has 2 aromatic carbocycles. The van der Waals surface area contributed by atoms with Crippen LogP contribution < -0.4 is 15.0 Å². The van der Waals surface area contributed by atoms with Gasteiger partial charge in [-0.25, -0.2) is 0 Å². The molecule has 0 aliphatic carbocycles. The van der Waals surface area contributed by atoms with Crippen LogP contribution in [-0.2, 0) is 9.53 Å². The summed E-state index contributed by atoms with van der Waals surface area (Å²) < 4.78 is 10.9. The molecule has 144 valence electrons. The summed E-state index contributed by atoms with van der Waals surface area (Å²) in [5.74, 6) is 0.777. The molecule has 1 saturated heterocycles. The van der Waals surface area contributed by atoms with Crippen LogP contribution >= 0.6 is 0 Å². The Bertz CT molecular complexity index is 730. The van der Waals surface area contributed by atoms with E-state index in [0.717, 1.165) is 43.3 Å². The van der Waals surface area contributed by atoms with Crippen LogP contribution in [0.4, 0.5) is 11.4 Å². The van der Waals surface area contributed by atoms with Gasteiger partial charge in [-0.2, -0.15) is 0 Å². The Morgan fingerprint density at radius 3 is 2.33 bits per heavy atom. The molecule has 0 spiro atoms. The van der Waals surface area contributed by atoms with E-state index in [-0.39, 0.29) is 5.91 Å². The first kappa shape index (κ1) is 19.2. The maximum Gasteiger partial charge on any atom is 0.254 e. The number of benzene rings is 2. The fraction of sp³-hybridized carbons (Fsp3) is 0.381. The average Bonchev–Trinajstić information content (AvgIpc) is 2.73. The third kappa shape index (κ3) is 4.99. The second kappa shape index (κ2) is 9.39. The number of amides is 1. The first-order valence-electron chi connectivity index (χ1n) is 9.20. The lowest BCUT2D eigenvalue weighted by atomic mass is 10.2. The number of nitrogens with zero attached hydrogens (tertiary/aromatic N) is 2. The fourth-order valence-electron chi connectivity index (χ4n) is 3.31. The van der Waals surface area contributed by atoms with Crippen molar-refractivity contribution in [3.05, 3.63) is 54.6 Å². The van der Waals surface area contributed by atoms with Crippen molar-refractivity contribution >= 4 is 17.3 Å². The minimum Gasteiger partial charge on any atom is -0.495 e. The van der Waals surface area contributed by atoms with Crippen LogP contribution in [-0.4, -0.2) is 63.9 Å². The number of hydrogen-bond acceptors (Lipinski definition) is 5. The van der Waals surface area contributed by atoms with E-state index in [1.165, 1.54) is 0 Å². The second-order valence-corrected chi connectivity index (χ2v) is 6.54. The number of anilines is 2. The molecule has 6 heteroatoms. The summed E-state index contributed by atoms with van der Waals surface area (Å²) in [6.07, 6.45) is -0.497. The topological polar surface area (TPSA) is 54.0 Å². The Morgan fingerprint density at radius 1 is 1.00 bits per heavy atom. The Morgan fingerprint density at radius 2 is 1.67 bits per heavy atom. The van der Waals surface area contributed by atoms with Crippen molar-refractivity contribution in [3.63, 3.8) is 0 Å². The molecule has 0 aromatic heterocycles. The quantitative estimate of drug-likeness (QED) is 0.813. The van der Waals surface area contributed by atoms with Crippen molar-refractivity contribution in [1.82, 2.24) is 4.90 Å². The molecule has 1 aliphatic rings. The first-order chi connectivity index (χ1) is 13.2. The molecule has 1 amide bonds. The summed E-state index contributed by atoms with van der Waals surface area (Å²) in [5, 5.41) is 2.91. The Balaban J connectivity index is 1.53. The maximum absolute atomic E-state index is 12.5. The van der Waals surface area contributed by atoms with Gasteiger partial charge in [0.05, 0.1) is 12.8 Å². The third-order valence-electron chi connectivity index (χ3n) is 4.84. The number of methoxy groups -OCH3 is 2. The normalized spacial score (nSPS) is 16.0. The number of hydrogen-bond donors (Lipinski definition) is 1. The molecule has 0 bridgehead atoms. The number of para-hydroxylation sites is 3. The van der Waals surface area contributed by atoms with Gasteiger partial charge in [-0.15, -0.1) is 0 Å². The third-order valence-corrected chi connectivity index (χ3v) is 4.84. The SMILES string of the molecule is COc1ccccc1N1CCN(CC(OC)C(=O)Nc2ccccc2)CC1. The summed E-state index contributed by atoms with van der Waals surface area (Å²) in [6.45, 7) is 4.09. The van der Waals surface area contributed by atoms with Crippen molar-refractivity contribution < 1.29 is 14.3 Å². The molecule has 1 unspecified atom stereocenters. The molecule has 1 aliphatic heterocycles. The molecule has 1 atom stereocenters. The Hall–Kier alpha value is -2.57. The van der Waals surface area contributed by atoms with Crippen LogP contribution in [0.15, 0.2) is 54.6 Å². The van der Waals surface area contributed by atoms with Gasteiger partial charge in [-0.05, 0) is 24.3 Å². The highest BCUT2D eigenvalue weighted by Gasteiger charge is 2.25. The zero-order valence-electron chi connectivity index (χ0n) is 15.9.